The van der Waals surface area contributed by atoms with E-state index in [9.17, 15) is 4.79 Å². The fourth-order valence-corrected chi connectivity index (χ4v) is 2.91. The smallest absolute Gasteiger partial charge is 0.255 e. The van der Waals surface area contributed by atoms with Crippen LogP contribution < -0.4 is 11.1 Å². The molecule has 2 rings (SSSR count). The highest BCUT2D eigenvalue weighted by Crippen LogP contribution is 2.29. The van der Waals surface area contributed by atoms with Crippen LogP contribution in [0.25, 0.3) is 0 Å². The Morgan fingerprint density at radius 3 is 2.23 bits per heavy atom. The first-order valence-corrected chi connectivity index (χ1v) is 7.95. The fourth-order valence-electron chi connectivity index (χ4n) is 2.24. The molecule has 0 atom stereocenters. The minimum Gasteiger partial charge on any atom is -0.399 e. The van der Waals surface area contributed by atoms with Crippen molar-refractivity contribution < 1.29 is 4.79 Å². The molecule has 0 saturated heterocycles. The highest BCUT2D eigenvalue weighted by Gasteiger charge is 2.15. The molecule has 3 nitrogen and oxygen atoms in total. The summed E-state index contributed by atoms with van der Waals surface area (Å²) in [5.74, 6) is -0.131. The summed E-state index contributed by atoms with van der Waals surface area (Å²) in [4.78, 5) is 12.4. The molecule has 0 aliphatic rings. The van der Waals surface area contributed by atoms with Crippen LogP contribution in [0.5, 0.6) is 0 Å². The van der Waals surface area contributed by atoms with Crippen LogP contribution in [-0.2, 0) is 5.41 Å². The Kier molecular flexibility index (Phi) is 4.61. The van der Waals surface area contributed by atoms with Crippen molar-refractivity contribution in [3.63, 3.8) is 0 Å². The van der Waals surface area contributed by atoms with Gasteiger partial charge in [-0.15, -0.1) is 0 Å². The molecule has 0 saturated carbocycles. The van der Waals surface area contributed by atoms with E-state index in [1.165, 1.54) is 5.56 Å². The maximum Gasteiger partial charge on any atom is 0.255 e. The lowest BCUT2D eigenvalue weighted by molar-refractivity contribution is 0.102. The third-order valence-electron chi connectivity index (χ3n) is 3.56. The maximum atomic E-state index is 12.4. The summed E-state index contributed by atoms with van der Waals surface area (Å²) in [6, 6.07) is 11.3. The van der Waals surface area contributed by atoms with Crippen LogP contribution in [-0.4, -0.2) is 5.91 Å². The lowest BCUT2D eigenvalue weighted by Gasteiger charge is -2.19. The van der Waals surface area contributed by atoms with Crippen LogP contribution in [0.4, 0.5) is 11.4 Å². The molecule has 22 heavy (non-hydrogen) atoms. The van der Waals surface area contributed by atoms with Crippen molar-refractivity contribution in [2.24, 2.45) is 0 Å². The Balaban J connectivity index is 2.23. The molecule has 1 amide bonds. The average molecular weight is 361 g/mol. The van der Waals surface area contributed by atoms with E-state index in [1.807, 2.05) is 37.3 Å². The van der Waals surface area contributed by atoms with Crippen molar-refractivity contribution in [2.45, 2.75) is 33.1 Å². The second kappa shape index (κ2) is 6.13. The zero-order valence-corrected chi connectivity index (χ0v) is 14.9. The van der Waals surface area contributed by atoms with Crippen LogP contribution in [0.15, 0.2) is 40.9 Å². The number of nitrogens with two attached hydrogens (primary N) is 1. The van der Waals surface area contributed by atoms with E-state index in [4.69, 9.17) is 5.73 Å². The molecule has 0 aromatic heterocycles. The van der Waals surface area contributed by atoms with Crippen LogP contribution in [0.1, 0.15) is 42.3 Å². The predicted molar refractivity (Wildman–Crippen MR) is 96.4 cm³/mol. The molecule has 3 N–H and O–H groups in total. The molecule has 2 aromatic carbocycles. The topological polar surface area (TPSA) is 55.1 Å². The Hall–Kier alpha value is -1.81. The normalized spacial score (nSPS) is 11.3. The van der Waals surface area contributed by atoms with Gasteiger partial charge in [-0.05, 0) is 63.7 Å². The first-order chi connectivity index (χ1) is 10.2. The Bertz CT molecular complexity index is 677. The van der Waals surface area contributed by atoms with Crippen molar-refractivity contribution in [1.29, 1.82) is 0 Å². The van der Waals surface area contributed by atoms with Gasteiger partial charge < -0.3 is 11.1 Å². The Morgan fingerprint density at radius 2 is 1.73 bits per heavy atom. The summed E-state index contributed by atoms with van der Waals surface area (Å²) in [6.45, 7) is 8.37. The van der Waals surface area contributed by atoms with Gasteiger partial charge >= 0.3 is 0 Å². The molecular weight excluding hydrogens is 340 g/mol. The van der Waals surface area contributed by atoms with Gasteiger partial charge in [0.1, 0.15) is 0 Å². The number of hydrogen-bond donors (Lipinski definition) is 2. The summed E-state index contributed by atoms with van der Waals surface area (Å²) < 4.78 is 0.782. The number of benzene rings is 2. The average Bonchev–Trinajstić information content (AvgIpc) is 2.41. The van der Waals surface area contributed by atoms with Crippen molar-refractivity contribution in [2.75, 3.05) is 11.1 Å². The van der Waals surface area contributed by atoms with Crippen molar-refractivity contribution in [1.82, 2.24) is 0 Å². The number of amides is 1. The first-order valence-electron chi connectivity index (χ1n) is 7.16. The monoisotopic (exact) mass is 360 g/mol. The second-order valence-corrected chi connectivity index (χ2v) is 7.33. The molecule has 2 aromatic rings. The lowest BCUT2D eigenvalue weighted by atomic mass is 9.87. The van der Waals surface area contributed by atoms with Gasteiger partial charge in [0.15, 0.2) is 0 Å². The molecule has 0 aliphatic carbocycles. The van der Waals surface area contributed by atoms with E-state index in [2.05, 4.69) is 42.0 Å². The highest BCUT2D eigenvalue weighted by molar-refractivity contribution is 9.10. The molecule has 0 radical (unpaired) electrons. The molecule has 0 fully saturated rings. The third-order valence-corrected chi connectivity index (χ3v) is 4.19. The largest absolute Gasteiger partial charge is 0.399 e. The second-order valence-electron chi connectivity index (χ2n) is 6.48. The van der Waals surface area contributed by atoms with E-state index < -0.39 is 0 Å². The maximum absolute atomic E-state index is 12.4. The Labute approximate surface area is 140 Å². The quantitative estimate of drug-likeness (QED) is 0.749. The number of rotatable bonds is 2. The van der Waals surface area contributed by atoms with Gasteiger partial charge in [-0.3, -0.25) is 4.79 Å². The van der Waals surface area contributed by atoms with E-state index in [-0.39, 0.29) is 11.3 Å². The number of hydrogen-bond acceptors (Lipinski definition) is 2. The zero-order valence-electron chi connectivity index (χ0n) is 13.3. The summed E-state index contributed by atoms with van der Waals surface area (Å²) in [7, 11) is 0. The van der Waals surface area contributed by atoms with Gasteiger partial charge in [-0.1, -0.05) is 32.9 Å². The third kappa shape index (κ3) is 3.69. The molecule has 0 heterocycles. The minimum absolute atomic E-state index is 0.0750. The van der Waals surface area contributed by atoms with Gasteiger partial charge in [0.2, 0.25) is 0 Å². The number of anilines is 2. The van der Waals surface area contributed by atoms with Gasteiger partial charge in [0, 0.05) is 15.7 Å². The van der Waals surface area contributed by atoms with Crippen molar-refractivity contribution in [3.05, 3.63) is 57.6 Å². The molecule has 0 unspecified atom stereocenters. The van der Waals surface area contributed by atoms with Crippen LogP contribution >= 0.6 is 15.9 Å². The summed E-state index contributed by atoms with van der Waals surface area (Å²) in [6.07, 6.45) is 0. The number of nitrogens with one attached hydrogen (secondary N) is 1. The zero-order chi connectivity index (χ0) is 16.5. The number of aryl methyl sites for hydroxylation is 1. The van der Waals surface area contributed by atoms with Gasteiger partial charge in [-0.2, -0.15) is 0 Å². The van der Waals surface area contributed by atoms with Crippen LogP contribution in [0.3, 0.4) is 0 Å². The van der Waals surface area contributed by atoms with E-state index in [0.717, 1.165) is 15.7 Å². The summed E-state index contributed by atoms with van der Waals surface area (Å²) >= 11 is 3.44. The number of carbonyl (C=O) groups excluding carboxylic acids is 1. The van der Waals surface area contributed by atoms with Crippen molar-refractivity contribution in [3.8, 4) is 0 Å². The molecule has 0 bridgehead atoms. The summed E-state index contributed by atoms with van der Waals surface area (Å²) in [5, 5.41) is 2.94. The van der Waals surface area contributed by atoms with Crippen molar-refractivity contribution >= 4 is 33.2 Å². The molecule has 4 heteroatoms. The predicted octanol–water partition coefficient (Wildman–Crippen LogP) is 4.89. The first kappa shape index (κ1) is 16.6. The molecular formula is C18H21BrN2O. The van der Waals surface area contributed by atoms with Crippen LogP contribution in [0.2, 0.25) is 0 Å². The molecule has 0 aliphatic heterocycles. The van der Waals surface area contributed by atoms with Gasteiger partial charge in [0.25, 0.3) is 5.91 Å². The van der Waals surface area contributed by atoms with Crippen LogP contribution in [0, 0.1) is 6.92 Å². The molecule has 0 spiro atoms. The van der Waals surface area contributed by atoms with Gasteiger partial charge in [-0.25, -0.2) is 0 Å². The highest BCUT2D eigenvalue weighted by atomic mass is 79.9. The minimum atomic E-state index is -0.131. The number of halogens is 1. The van der Waals surface area contributed by atoms with E-state index in [1.54, 1.807) is 6.07 Å². The van der Waals surface area contributed by atoms with E-state index >= 15 is 0 Å². The van der Waals surface area contributed by atoms with Gasteiger partial charge in [0.05, 0.1) is 5.69 Å². The van der Waals surface area contributed by atoms with E-state index in [0.29, 0.717) is 11.3 Å². The number of nitrogen functional groups attached to an aromatic ring is 1. The standard InChI is InChI=1S/C18H21BrN2O/c1-11-9-14(20)10-15(19)16(11)21-17(22)12-5-7-13(8-6-12)18(2,3)4/h5-10H,20H2,1-4H3,(H,21,22). The SMILES string of the molecule is Cc1cc(N)cc(Br)c1NC(=O)c1ccc(C(C)(C)C)cc1. The Morgan fingerprint density at radius 1 is 1.14 bits per heavy atom. The summed E-state index contributed by atoms with van der Waals surface area (Å²) in [5.41, 5.74) is 10.0. The lowest BCUT2D eigenvalue weighted by Crippen LogP contribution is -2.15. The molecule has 116 valence electrons. The number of carbonyl (C=O) groups is 1. The fraction of sp³-hybridized carbons (Fsp3) is 0.278.